The Labute approximate surface area is 183 Å². The maximum Gasteiger partial charge on any atom is 0.309 e. The Balaban J connectivity index is 1.49. The standard InChI is InChI=1S/C22H22FN3O6/c1-14(20(27)24-18-3-2-4-19(13-18)26(30)31)32-22(29)16-9-11-25(12-10-16)21(28)15-5-7-17(23)8-6-15/h2-8,13-14,16H,9-12H2,1H3,(H,24,27). The molecule has 1 aliphatic rings. The second-order valence-electron chi connectivity index (χ2n) is 7.45. The van der Waals surface area contributed by atoms with Gasteiger partial charge in [-0.25, -0.2) is 4.39 Å². The summed E-state index contributed by atoms with van der Waals surface area (Å²) in [5.41, 5.74) is 0.424. The first-order valence-corrected chi connectivity index (χ1v) is 10.0. The molecule has 3 rings (SSSR count). The van der Waals surface area contributed by atoms with E-state index in [0.717, 1.165) is 0 Å². The van der Waals surface area contributed by atoms with E-state index in [9.17, 15) is 28.9 Å². The van der Waals surface area contributed by atoms with Crippen molar-refractivity contribution >= 4 is 29.2 Å². The number of hydrogen-bond acceptors (Lipinski definition) is 6. The molecular formula is C22H22FN3O6. The summed E-state index contributed by atoms with van der Waals surface area (Å²) in [7, 11) is 0. The third-order valence-corrected chi connectivity index (χ3v) is 5.19. The van der Waals surface area contributed by atoms with Gasteiger partial charge in [-0.15, -0.1) is 0 Å². The van der Waals surface area contributed by atoms with Gasteiger partial charge in [0.25, 0.3) is 17.5 Å². The van der Waals surface area contributed by atoms with E-state index in [0.29, 0.717) is 31.5 Å². The number of esters is 1. The molecule has 2 aromatic carbocycles. The number of likely N-dealkylation sites (tertiary alicyclic amines) is 1. The SMILES string of the molecule is CC(OC(=O)C1CCN(C(=O)c2ccc(F)cc2)CC1)C(=O)Nc1cccc([N+](=O)[O-])c1. The molecule has 1 atom stereocenters. The van der Waals surface area contributed by atoms with Gasteiger partial charge in [-0.3, -0.25) is 24.5 Å². The fourth-order valence-electron chi connectivity index (χ4n) is 3.36. The summed E-state index contributed by atoms with van der Waals surface area (Å²) in [6.45, 7) is 2.09. The van der Waals surface area contributed by atoms with Crippen LogP contribution < -0.4 is 5.32 Å². The number of halogens is 1. The van der Waals surface area contributed by atoms with Crippen molar-refractivity contribution in [1.82, 2.24) is 4.90 Å². The fraction of sp³-hybridized carbons (Fsp3) is 0.318. The van der Waals surface area contributed by atoms with Crippen molar-refractivity contribution in [2.75, 3.05) is 18.4 Å². The molecule has 0 saturated carbocycles. The van der Waals surface area contributed by atoms with Gasteiger partial charge >= 0.3 is 5.97 Å². The lowest BCUT2D eigenvalue weighted by molar-refractivity contribution is -0.384. The molecule has 0 spiro atoms. The predicted octanol–water partition coefficient (Wildman–Crippen LogP) is 3.16. The molecule has 2 amide bonds. The van der Waals surface area contributed by atoms with E-state index < -0.39 is 34.6 Å². The number of amides is 2. The fourth-order valence-corrected chi connectivity index (χ4v) is 3.36. The number of ether oxygens (including phenoxy) is 1. The highest BCUT2D eigenvalue weighted by molar-refractivity contribution is 5.96. The second kappa shape index (κ2) is 9.99. The summed E-state index contributed by atoms with van der Waals surface area (Å²) in [6.07, 6.45) is -0.337. The number of non-ortho nitro benzene ring substituents is 1. The zero-order chi connectivity index (χ0) is 23.3. The van der Waals surface area contributed by atoms with Crippen LogP contribution in [0.2, 0.25) is 0 Å². The molecule has 10 heteroatoms. The lowest BCUT2D eigenvalue weighted by Crippen LogP contribution is -2.41. The van der Waals surface area contributed by atoms with E-state index >= 15 is 0 Å². The van der Waals surface area contributed by atoms with Crippen LogP contribution in [0.25, 0.3) is 0 Å². The quantitative estimate of drug-likeness (QED) is 0.416. The first-order chi connectivity index (χ1) is 15.2. The van der Waals surface area contributed by atoms with Crippen molar-refractivity contribution < 1.29 is 28.4 Å². The molecule has 168 valence electrons. The molecule has 1 unspecified atom stereocenters. The largest absolute Gasteiger partial charge is 0.452 e. The minimum absolute atomic E-state index is 0.172. The van der Waals surface area contributed by atoms with E-state index in [1.165, 1.54) is 55.5 Å². The molecule has 0 bridgehead atoms. The van der Waals surface area contributed by atoms with Gasteiger partial charge in [-0.1, -0.05) is 6.07 Å². The highest BCUT2D eigenvalue weighted by atomic mass is 19.1. The number of carbonyl (C=O) groups excluding carboxylic acids is 3. The van der Waals surface area contributed by atoms with E-state index in [2.05, 4.69) is 5.32 Å². The monoisotopic (exact) mass is 443 g/mol. The molecule has 1 heterocycles. The zero-order valence-corrected chi connectivity index (χ0v) is 17.3. The molecule has 2 aromatic rings. The third kappa shape index (κ3) is 5.65. The number of nitro benzene ring substituents is 1. The van der Waals surface area contributed by atoms with Crippen LogP contribution in [0.15, 0.2) is 48.5 Å². The average molecular weight is 443 g/mol. The first kappa shape index (κ1) is 22.9. The summed E-state index contributed by atoms with van der Waals surface area (Å²) < 4.78 is 18.3. The zero-order valence-electron chi connectivity index (χ0n) is 17.3. The van der Waals surface area contributed by atoms with Gasteiger partial charge in [-0.05, 0) is 50.1 Å². The van der Waals surface area contributed by atoms with E-state index in [4.69, 9.17) is 4.74 Å². The van der Waals surface area contributed by atoms with E-state index in [1.54, 1.807) is 4.90 Å². The van der Waals surface area contributed by atoms with Crippen LogP contribution in [0.4, 0.5) is 15.8 Å². The molecule has 0 aromatic heterocycles. The van der Waals surface area contributed by atoms with Crippen molar-refractivity contribution in [2.45, 2.75) is 25.9 Å². The second-order valence-corrected chi connectivity index (χ2v) is 7.45. The lowest BCUT2D eigenvalue weighted by atomic mass is 9.96. The number of carbonyl (C=O) groups is 3. The molecule has 32 heavy (non-hydrogen) atoms. The summed E-state index contributed by atoms with van der Waals surface area (Å²) in [4.78, 5) is 49.1. The number of hydrogen-bond donors (Lipinski definition) is 1. The van der Waals surface area contributed by atoms with E-state index in [1.807, 2.05) is 0 Å². The summed E-state index contributed by atoms with van der Waals surface area (Å²) in [5.74, 6) is -2.27. The average Bonchev–Trinajstić information content (AvgIpc) is 2.79. The molecule has 1 N–H and O–H groups in total. The van der Waals surface area contributed by atoms with Crippen LogP contribution in [-0.4, -0.2) is 46.8 Å². The number of rotatable bonds is 6. The Bertz CT molecular complexity index is 1020. The highest BCUT2D eigenvalue weighted by Gasteiger charge is 2.31. The van der Waals surface area contributed by atoms with Crippen molar-refractivity contribution in [1.29, 1.82) is 0 Å². The van der Waals surface area contributed by atoms with Gasteiger partial charge in [0.2, 0.25) is 0 Å². The summed E-state index contributed by atoms with van der Waals surface area (Å²) in [5, 5.41) is 13.3. The number of nitro groups is 1. The van der Waals surface area contributed by atoms with Crippen LogP contribution in [0.5, 0.6) is 0 Å². The highest BCUT2D eigenvalue weighted by Crippen LogP contribution is 2.22. The number of nitrogens with zero attached hydrogens (tertiary/aromatic N) is 2. The molecule has 9 nitrogen and oxygen atoms in total. The molecule has 1 aliphatic heterocycles. The molecule has 1 fully saturated rings. The lowest BCUT2D eigenvalue weighted by Gasteiger charge is -2.31. The van der Waals surface area contributed by atoms with Crippen molar-refractivity contribution in [3.8, 4) is 0 Å². The molecule has 0 aliphatic carbocycles. The van der Waals surface area contributed by atoms with Crippen LogP contribution in [0.1, 0.15) is 30.1 Å². The topological polar surface area (TPSA) is 119 Å². The normalized spacial score (nSPS) is 15.0. The van der Waals surface area contributed by atoms with Crippen molar-refractivity contribution in [3.63, 3.8) is 0 Å². The van der Waals surface area contributed by atoms with E-state index in [-0.39, 0.29) is 17.3 Å². The van der Waals surface area contributed by atoms with Gasteiger partial charge in [0.1, 0.15) is 5.82 Å². The number of benzene rings is 2. The third-order valence-electron chi connectivity index (χ3n) is 5.19. The Morgan fingerprint density at radius 2 is 1.81 bits per heavy atom. The summed E-state index contributed by atoms with van der Waals surface area (Å²) in [6, 6.07) is 10.7. The van der Waals surface area contributed by atoms with Crippen LogP contribution in [0, 0.1) is 21.8 Å². The van der Waals surface area contributed by atoms with Gasteiger partial charge in [0.15, 0.2) is 6.10 Å². The summed E-state index contributed by atoms with van der Waals surface area (Å²) >= 11 is 0. The van der Waals surface area contributed by atoms with Gasteiger partial charge in [0, 0.05) is 36.5 Å². The predicted molar refractivity (Wildman–Crippen MR) is 112 cm³/mol. The first-order valence-electron chi connectivity index (χ1n) is 10.0. The Kier molecular flexibility index (Phi) is 7.14. The van der Waals surface area contributed by atoms with Crippen LogP contribution in [0.3, 0.4) is 0 Å². The van der Waals surface area contributed by atoms with Gasteiger partial charge in [-0.2, -0.15) is 0 Å². The molecule has 1 saturated heterocycles. The molecule has 0 radical (unpaired) electrons. The van der Waals surface area contributed by atoms with Gasteiger partial charge < -0.3 is 15.0 Å². The molecular weight excluding hydrogens is 421 g/mol. The minimum atomic E-state index is -1.10. The maximum absolute atomic E-state index is 13.0. The van der Waals surface area contributed by atoms with Crippen molar-refractivity contribution in [3.05, 3.63) is 70.0 Å². The maximum atomic E-state index is 13.0. The minimum Gasteiger partial charge on any atom is -0.452 e. The Morgan fingerprint density at radius 1 is 1.16 bits per heavy atom. The Hall–Kier alpha value is -3.82. The number of piperidine rings is 1. The van der Waals surface area contributed by atoms with Crippen LogP contribution >= 0.6 is 0 Å². The number of nitrogens with one attached hydrogen (secondary N) is 1. The van der Waals surface area contributed by atoms with Crippen LogP contribution in [-0.2, 0) is 14.3 Å². The van der Waals surface area contributed by atoms with Gasteiger partial charge in [0.05, 0.1) is 10.8 Å². The Morgan fingerprint density at radius 3 is 2.44 bits per heavy atom. The van der Waals surface area contributed by atoms with Crippen molar-refractivity contribution in [2.24, 2.45) is 5.92 Å². The number of anilines is 1. The smallest absolute Gasteiger partial charge is 0.309 e.